The average molecular weight is 443 g/mol. The second-order valence-corrected chi connectivity index (χ2v) is 7.63. The van der Waals surface area contributed by atoms with E-state index in [1.165, 1.54) is 0 Å². The summed E-state index contributed by atoms with van der Waals surface area (Å²) < 4.78 is 7.01. The van der Waals surface area contributed by atoms with Gasteiger partial charge in [0.2, 0.25) is 0 Å². The van der Waals surface area contributed by atoms with Crippen LogP contribution in [0.15, 0.2) is 50.9 Å². The zero-order chi connectivity index (χ0) is 20.7. The number of nitriles is 2. The Morgan fingerprint density at radius 2 is 1.79 bits per heavy atom. The smallest absolute Gasteiger partial charge is 0.142 e. The van der Waals surface area contributed by atoms with Crippen molar-refractivity contribution in [3.8, 4) is 23.5 Å². The third-order valence-electron chi connectivity index (χ3n) is 5.03. The van der Waals surface area contributed by atoms with E-state index in [1.54, 1.807) is 0 Å². The van der Waals surface area contributed by atoms with E-state index in [-0.39, 0.29) is 5.82 Å². The molecule has 1 aliphatic carbocycles. The highest BCUT2D eigenvalue weighted by molar-refractivity contribution is 9.10. The van der Waals surface area contributed by atoms with E-state index in [4.69, 9.17) is 10.2 Å². The molecule has 4 rings (SSSR count). The number of fused-ring (bicyclic) bond motifs is 1. The van der Waals surface area contributed by atoms with Crippen LogP contribution in [0.1, 0.15) is 35.1 Å². The summed E-state index contributed by atoms with van der Waals surface area (Å²) in [6.07, 6.45) is 1.88. The van der Waals surface area contributed by atoms with Gasteiger partial charge in [-0.3, -0.25) is 0 Å². The quantitative estimate of drug-likeness (QED) is 0.546. The minimum absolute atomic E-state index is 0.140. The molecule has 0 atom stereocenters. The van der Waals surface area contributed by atoms with E-state index in [2.05, 4.69) is 33.1 Å². The molecule has 3 aromatic rings. The first-order valence-corrected chi connectivity index (χ1v) is 9.63. The lowest BCUT2D eigenvalue weighted by Gasteiger charge is -2.10. The normalized spacial score (nSPS) is 14.0. The number of benzene rings is 1. The van der Waals surface area contributed by atoms with E-state index in [9.17, 15) is 10.5 Å². The van der Waals surface area contributed by atoms with E-state index in [0.717, 1.165) is 32.5 Å². The molecular formula is C23H15BrN4O. The molecule has 0 amide bonds. The average Bonchev–Trinajstić information content (AvgIpc) is 3.26. The number of pyridine rings is 1. The molecule has 0 spiro atoms. The van der Waals surface area contributed by atoms with Crippen molar-refractivity contribution in [3.63, 3.8) is 0 Å². The molecule has 0 fully saturated rings. The minimum Gasteiger partial charge on any atom is -0.457 e. The van der Waals surface area contributed by atoms with Crippen LogP contribution in [0.5, 0.6) is 0 Å². The molecule has 0 unspecified atom stereocenters. The van der Waals surface area contributed by atoms with Crippen molar-refractivity contribution in [2.75, 3.05) is 5.73 Å². The van der Waals surface area contributed by atoms with Gasteiger partial charge in [-0.2, -0.15) is 10.5 Å². The lowest BCUT2D eigenvalue weighted by atomic mass is 9.96. The van der Waals surface area contributed by atoms with Crippen LogP contribution in [-0.2, 0) is 0 Å². The SMILES string of the molecule is CC1=C(C#N)c2nc(N)c(C#N)c(C)c2/C1=C/c1ccc(-c2ccc(Br)cc2)o1. The maximum absolute atomic E-state index is 9.64. The largest absolute Gasteiger partial charge is 0.457 e. The third kappa shape index (κ3) is 3.04. The maximum Gasteiger partial charge on any atom is 0.142 e. The molecule has 5 nitrogen and oxygen atoms in total. The number of allylic oxidation sites excluding steroid dienone is 3. The Morgan fingerprint density at radius 1 is 1.07 bits per heavy atom. The van der Waals surface area contributed by atoms with Crippen molar-refractivity contribution in [2.45, 2.75) is 13.8 Å². The van der Waals surface area contributed by atoms with Gasteiger partial charge in [0.1, 0.15) is 29.5 Å². The fourth-order valence-corrected chi connectivity index (χ4v) is 3.80. The number of hydrogen-bond acceptors (Lipinski definition) is 5. The number of anilines is 1. The third-order valence-corrected chi connectivity index (χ3v) is 5.55. The number of furan rings is 1. The lowest BCUT2D eigenvalue weighted by Crippen LogP contribution is -2.03. The standard InChI is InChI=1S/C23H15BrN4O/c1-12-17(9-16-7-8-20(29-16)14-3-5-15(24)6-4-14)21-13(2)19(11-26)23(27)28-22(21)18(12)10-25/h3-9H,1-2H3,(H2,27,28)/b17-9+. The minimum atomic E-state index is 0.140. The fourth-order valence-electron chi connectivity index (χ4n) is 3.54. The molecule has 2 heterocycles. The van der Waals surface area contributed by atoms with Gasteiger partial charge < -0.3 is 10.2 Å². The van der Waals surface area contributed by atoms with Crippen molar-refractivity contribution < 1.29 is 4.42 Å². The number of rotatable bonds is 2. The van der Waals surface area contributed by atoms with Crippen LogP contribution in [0.3, 0.4) is 0 Å². The Morgan fingerprint density at radius 3 is 2.45 bits per heavy atom. The Bertz CT molecular complexity index is 1300. The molecule has 1 aromatic carbocycles. The number of nitrogens with zero attached hydrogens (tertiary/aromatic N) is 3. The predicted molar refractivity (Wildman–Crippen MR) is 116 cm³/mol. The molecule has 2 aromatic heterocycles. The number of nitrogen functional groups attached to an aromatic ring is 1. The van der Waals surface area contributed by atoms with Gasteiger partial charge >= 0.3 is 0 Å². The molecule has 0 aliphatic heterocycles. The van der Waals surface area contributed by atoms with Crippen LogP contribution in [-0.4, -0.2) is 4.98 Å². The first-order chi connectivity index (χ1) is 13.9. The number of hydrogen-bond donors (Lipinski definition) is 1. The highest BCUT2D eigenvalue weighted by Crippen LogP contribution is 2.44. The zero-order valence-corrected chi connectivity index (χ0v) is 17.3. The summed E-state index contributed by atoms with van der Waals surface area (Å²) in [5.74, 6) is 1.53. The van der Waals surface area contributed by atoms with E-state index in [0.29, 0.717) is 28.2 Å². The highest BCUT2D eigenvalue weighted by atomic mass is 79.9. The van der Waals surface area contributed by atoms with Crippen molar-refractivity contribution in [2.24, 2.45) is 0 Å². The van der Waals surface area contributed by atoms with Crippen molar-refractivity contribution >= 4 is 39.0 Å². The van der Waals surface area contributed by atoms with Gasteiger partial charge in [0, 0.05) is 15.6 Å². The molecular weight excluding hydrogens is 428 g/mol. The number of halogens is 1. The second-order valence-electron chi connectivity index (χ2n) is 6.71. The predicted octanol–water partition coefficient (Wildman–Crippen LogP) is 5.72. The van der Waals surface area contributed by atoms with Gasteiger partial charge in [0.05, 0.1) is 16.8 Å². The lowest BCUT2D eigenvalue weighted by molar-refractivity contribution is 0.572. The number of nitrogens with two attached hydrogens (primary N) is 1. The van der Waals surface area contributed by atoms with Gasteiger partial charge in [-0.05, 0) is 60.9 Å². The first-order valence-electron chi connectivity index (χ1n) is 8.84. The molecule has 0 radical (unpaired) electrons. The molecule has 140 valence electrons. The van der Waals surface area contributed by atoms with Crippen LogP contribution in [0.2, 0.25) is 0 Å². The van der Waals surface area contributed by atoms with E-state index >= 15 is 0 Å². The molecule has 29 heavy (non-hydrogen) atoms. The summed E-state index contributed by atoms with van der Waals surface area (Å²) in [5, 5.41) is 19.1. The topological polar surface area (TPSA) is 99.6 Å². The molecule has 2 N–H and O–H groups in total. The number of aromatic nitrogens is 1. The zero-order valence-electron chi connectivity index (χ0n) is 15.7. The van der Waals surface area contributed by atoms with E-state index < -0.39 is 0 Å². The summed E-state index contributed by atoms with van der Waals surface area (Å²) >= 11 is 3.43. The van der Waals surface area contributed by atoms with Crippen molar-refractivity contribution in [3.05, 3.63) is 74.6 Å². The maximum atomic E-state index is 9.64. The van der Waals surface area contributed by atoms with Gasteiger partial charge in [-0.25, -0.2) is 4.98 Å². The van der Waals surface area contributed by atoms with Crippen LogP contribution in [0, 0.1) is 29.6 Å². The summed E-state index contributed by atoms with van der Waals surface area (Å²) in [5.41, 5.74) is 11.3. The van der Waals surface area contributed by atoms with Crippen LogP contribution >= 0.6 is 15.9 Å². The summed E-state index contributed by atoms with van der Waals surface area (Å²) in [7, 11) is 0. The molecule has 0 saturated heterocycles. The Kier molecular flexibility index (Phi) is 4.58. The Balaban J connectivity index is 1.86. The summed E-state index contributed by atoms with van der Waals surface area (Å²) in [6.45, 7) is 3.69. The van der Waals surface area contributed by atoms with Crippen LogP contribution in [0.25, 0.3) is 28.5 Å². The molecule has 1 aliphatic rings. The van der Waals surface area contributed by atoms with Crippen molar-refractivity contribution in [1.29, 1.82) is 10.5 Å². The molecule has 6 heteroatoms. The monoisotopic (exact) mass is 442 g/mol. The summed E-state index contributed by atoms with van der Waals surface area (Å²) in [4.78, 5) is 4.34. The first kappa shape index (κ1) is 18.7. The summed E-state index contributed by atoms with van der Waals surface area (Å²) in [6, 6.07) is 16.0. The highest BCUT2D eigenvalue weighted by Gasteiger charge is 2.29. The van der Waals surface area contributed by atoms with Crippen LogP contribution in [0.4, 0.5) is 5.82 Å². The molecule has 0 bridgehead atoms. The second kappa shape index (κ2) is 7.09. The van der Waals surface area contributed by atoms with Gasteiger partial charge in [-0.15, -0.1) is 0 Å². The van der Waals surface area contributed by atoms with Gasteiger partial charge in [0.25, 0.3) is 0 Å². The molecule has 0 saturated carbocycles. The van der Waals surface area contributed by atoms with Gasteiger partial charge in [-0.1, -0.05) is 28.1 Å². The van der Waals surface area contributed by atoms with Gasteiger partial charge in [0.15, 0.2) is 0 Å². The van der Waals surface area contributed by atoms with E-state index in [1.807, 2.05) is 56.3 Å². The fraction of sp³-hybridized carbons (Fsp3) is 0.0870. The Labute approximate surface area is 176 Å². The Hall–Kier alpha value is -3.61. The van der Waals surface area contributed by atoms with Crippen molar-refractivity contribution in [1.82, 2.24) is 4.98 Å². The van der Waals surface area contributed by atoms with Crippen LogP contribution < -0.4 is 5.73 Å².